The predicted molar refractivity (Wildman–Crippen MR) is 105 cm³/mol. The number of thiocarbonyl (C=S) groups is 1. The highest BCUT2D eigenvalue weighted by atomic mass is 35.5. The van der Waals surface area contributed by atoms with Gasteiger partial charge in [-0.2, -0.15) is 5.10 Å². The molecule has 0 fully saturated rings. The first-order chi connectivity index (χ1) is 11.6. The molecule has 2 N–H and O–H groups in total. The van der Waals surface area contributed by atoms with Crippen LogP contribution in [0, 0.1) is 0 Å². The Balaban J connectivity index is 1.69. The van der Waals surface area contributed by atoms with Gasteiger partial charge in [-0.3, -0.25) is 5.43 Å². The molecule has 0 bridgehead atoms. The van der Waals surface area contributed by atoms with E-state index in [1.165, 1.54) is 0 Å². The van der Waals surface area contributed by atoms with Gasteiger partial charge in [0.05, 0.1) is 22.4 Å². The van der Waals surface area contributed by atoms with E-state index in [-0.39, 0.29) is 0 Å². The molecule has 3 rings (SSSR count). The summed E-state index contributed by atoms with van der Waals surface area (Å²) in [6.07, 6.45) is 1.57. The zero-order valence-corrected chi connectivity index (χ0v) is 14.7. The number of para-hydroxylation sites is 2. The maximum absolute atomic E-state index is 6.17. The number of pyridine rings is 1. The molecule has 0 radical (unpaired) electrons. The van der Waals surface area contributed by atoms with Crippen LogP contribution in [0.2, 0.25) is 10.2 Å². The number of fused-ring (bicyclic) bond motifs is 1. The summed E-state index contributed by atoms with van der Waals surface area (Å²) >= 11 is 17.4. The fraction of sp³-hybridized carbons (Fsp3) is 0. The molecule has 4 nitrogen and oxygen atoms in total. The number of nitrogens with one attached hydrogen (secondary N) is 2. The van der Waals surface area contributed by atoms with E-state index in [1.54, 1.807) is 12.3 Å². The van der Waals surface area contributed by atoms with Gasteiger partial charge in [-0.05, 0) is 36.5 Å². The van der Waals surface area contributed by atoms with Gasteiger partial charge in [0.25, 0.3) is 0 Å². The highest BCUT2D eigenvalue weighted by molar-refractivity contribution is 7.80. The zero-order chi connectivity index (χ0) is 16.9. The van der Waals surface area contributed by atoms with Crippen LogP contribution >= 0.6 is 35.4 Å². The lowest BCUT2D eigenvalue weighted by molar-refractivity contribution is 1.05. The molecule has 1 heterocycles. The molecule has 2 aromatic carbocycles. The molecule has 0 saturated heterocycles. The Morgan fingerprint density at radius 1 is 1.08 bits per heavy atom. The maximum atomic E-state index is 6.17. The van der Waals surface area contributed by atoms with E-state index in [0.29, 0.717) is 26.5 Å². The van der Waals surface area contributed by atoms with Crippen LogP contribution in [0.3, 0.4) is 0 Å². The van der Waals surface area contributed by atoms with Crippen LogP contribution in [0.25, 0.3) is 10.9 Å². The Kier molecular flexibility index (Phi) is 5.25. The summed E-state index contributed by atoms with van der Waals surface area (Å²) in [6, 6.07) is 17.0. The standard InChI is InChI=1S/C17H12Cl2N4S/c18-13-6-2-4-8-15(13)22-17(24)23-20-10-12-9-11-5-1-3-7-14(11)21-16(12)19/h1-10H,(H2,22,23,24)/b20-10+. The van der Waals surface area contributed by atoms with Crippen molar-refractivity contribution in [3.63, 3.8) is 0 Å². The molecular weight excluding hydrogens is 363 g/mol. The van der Waals surface area contributed by atoms with Crippen molar-refractivity contribution in [2.24, 2.45) is 5.10 Å². The number of hydrogen-bond acceptors (Lipinski definition) is 3. The smallest absolute Gasteiger partial charge is 0.191 e. The topological polar surface area (TPSA) is 49.3 Å². The minimum absolute atomic E-state index is 0.323. The van der Waals surface area contributed by atoms with Gasteiger partial charge < -0.3 is 5.32 Å². The number of aromatic nitrogens is 1. The quantitative estimate of drug-likeness (QED) is 0.297. The van der Waals surface area contributed by atoms with Crippen molar-refractivity contribution in [2.45, 2.75) is 0 Å². The molecule has 0 aliphatic rings. The number of hydrogen-bond donors (Lipinski definition) is 2. The highest BCUT2D eigenvalue weighted by Crippen LogP contribution is 2.20. The van der Waals surface area contributed by atoms with Crippen molar-refractivity contribution in [1.82, 2.24) is 10.4 Å². The Morgan fingerprint density at radius 3 is 2.67 bits per heavy atom. The number of hydrazone groups is 1. The monoisotopic (exact) mass is 374 g/mol. The highest BCUT2D eigenvalue weighted by Gasteiger charge is 2.03. The third kappa shape index (κ3) is 4.00. The van der Waals surface area contributed by atoms with Gasteiger partial charge in [0.2, 0.25) is 0 Å². The lowest BCUT2D eigenvalue weighted by Gasteiger charge is -2.08. The van der Waals surface area contributed by atoms with Crippen LogP contribution in [0.1, 0.15) is 5.56 Å². The van der Waals surface area contributed by atoms with E-state index in [9.17, 15) is 0 Å². The van der Waals surface area contributed by atoms with Crippen molar-refractivity contribution in [3.05, 3.63) is 70.3 Å². The molecule has 7 heteroatoms. The van der Waals surface area contributed by atoms with E-state index in [0.717, 1.165) is 10.9 Å². The van der Waals surface area contributed by atoms with Gasteiger partial charge in [0, 0.05) is 10.9 Å². The first kappa shape index (κ1) is 16.6. The molecule has 0 amide bonds. The fourth-order valence-corrected chi connectivity index (χ4v) is 2.61. The lowest BCUT2D eigenvalue weighted by atomic mass is 10.2. The van der Waals surface area contributed by atoms with Crippen molar-refractivity contribution in [3.8, 4) is 0 Å². The number of rotatable bonds is 3. The summed E-state index contributed by atoms with van der Waals surface area (Å²) in [5.74, 6) is 0. The summed E-state index contributed by atoms with van der Waals surface area (Å²) in [5, 5.41) is 9.32. The molecule has 0 aliphatic carbocycles. The van der Waals surface area contributed by atoms with Crippen molar-refractivity contribution >= 4 is 63.3 Å². The van der Waals surface area contributed by atoms with Crippen LogP contribution in [0.4, 0.5) is 5.69 Å². The second-order valence-corrected chi connectivity index (χ2v) is 6.04. The lowest BCUT2D eigenvalue weighted by Crippen LogP contribution is -2.24. The number of halogens is 2. The first-order valence-electron chi connectivity index (χ1n) is 7.03. The van der Waals surface area contributed by atoms with Crippen molar-refractivity contribution < 1.29 is 0 Å². The second kappa shape index (κ2) is 7.57. The van der Waals surface area contributed by atoms with E-state index in [2.05, 4.69) is 20.8 Å². The third-order valence-electron chi connectivity index (χ3n) is 3.20. The molecule has 0 atom stereocenters. The van der Waals surface area contributed by atoms with Gasteiger partial charge in [0.15, 0.2) is 5.11 Å². The Bertz CT molecular complexity index is 927. The third-order valence-corrected chi connectivity index (χ3v) is 4.02. The van der Waals surface area contributed by atoms with E-state index < -0.39 is 0 Å². The molecule has 1 aromatic heterocycles. The van der Waals surface area contributed by atoms with Crippen LogP contribution in [-0.2, 0) is 0 Å². The molecule has 3 aromatic rings. The summed E-state index contributed by atoms with van der Waals surface area (Å²) in [4.78, 5) is 4.33. The summed E-state index contributed by atoms with van der Waals surface area (Å²) < 4.78 is 0. The molecule has 0 spiro atoms. The number of benzene rings is 2. The largest absolute Gasteiger partial charge is 0.330 e. The zero-order valence-electron chi connectivity index (χ0n) is 12.3. The van der Waals surface area contributed by atoms with E-state index in [4.69, 9.17) is 35.4 Å². The van der Waals surface area contributed by atoms with Crippen molar-refractivity contribution in [1.29, 1.82) is 0 Å². The predicted octanol–water partition coefficient (Wildman–Crippen LogP) is 4.86. The van der Waals surface area contributed by atoms with Gasteiger partial charge in [-0.25, -0.2) is 4.98 Å². The van der Waals surface area contributed by atoms with Crippen LogP contribution in [0.15, 0.2) is 59.7 Å². The molecule has 24 heavy (non-hydrogen) atoms. The fourth-order valence-electron chi connectivity index (χ4n) is 2.07. The minimum atomic E-state index is 0.323. The number of nitrogens with zero attached hydrogens (tertiary/aromatic N) is 2. The van der Waals surface area contributed by atoms with Gasteiger partial charge in [0.1, 0.15) is 5.15 Å². The van der Waals surface area contributed by atoms with E-state index >= 15 is 0 Å². The summed E-state index contributed by atoms with van der Waals surface area (Å²) in [5.41, 5.74) is 4.97. The Labute approximate surface area is 154 Å². The minimum Gasteiger partial charge on any atom is -0.330 e. The molecular formula is C17H12Cl2N4S. The van der Waals surface area contributed by atoms with Gasteiger partial charge >= 0.3 is 0 Å². The van der Waals surface area contributed by atoms with E-state index in [1.807, 2.05) is 48.5 Å². The Hall–Kier alpha value is -2.21. The number of anilines is 1. The average Bonchev–Trinajstić information content (AvgIpc) is 2.57. The normalized spacial score (nSPS) is 10.9. The average molecular weight is 375 g/mol. The van der Waals surface area contributed by atoms with Crippen LogP contribution in [0.5, 0.6) is 0 Å². The SMILES string of the molecule is S=C(N/N=C/c1cc2ccccc2nc1Cl)Nc1ccccc1Cl. The summed E-state index contributed by atoms with van der Waals surface area (Å²) in [6.45, 7) is 0. The van der Waals surface area contributed by atoms with Crippen LogP contribution < -0.4 is 10.7 Å². The van der Waals surface area contributed by atoms with Crippen LogP contribution in [-0.4, -0.2) is 16.3 Å². The summed E-state index contributed by atoms with van der Waals surface area (Å²) in [7, 11) is 0. The van der Waals surface area contributed by atoms with Gasteiger partial charge in [-0.15, -0.1) is 0 Å². The Morgan fingerprint density at radius 2 is 1.83 bits per heavy atom. The molecule has 0 saturated carbocycles. The molecule has 0 aliphatic heterocycles. The van der Waals surface area contributed by atoms with Gasteiger partial charge in [-0.1, -0.05) is 53.5 Å². The molecule has 0 unspecified atom stereocenters. The maximum Gasteiger partial charge on any atom is 0.191 e. The molecule has 120 valence electrons. The second-order valence-electron chi connectivity index (χ2n) is 4.87. The first-order valence-corrected chi connectivity index (χ1v) is 8.20. The van der Waals surface area contributed by atoms with Crippen molar-refractivity contribution in [2.75, 3.05) is 5.32 Å².